The molecule has 0 saturated heterocycles. The molecule has 1 unspecified atom stereocenters. The summed E-state index contributed by atoms with van der Waals surface area (Å²) in [4.78, 5) is 12.1. The molecular formula is C20H30N4OS. The third-order valence-corrected chi connectivity index (χ3v) is 5.32. The minimum Gasteiger partial charge on any atom is -0.355 e. The molecule has 0 radical (unpaired) electrons. The van der Waals surface area contributed by atoms with Crippen LogP contribution >= 0.6 is 11.8 Å². The molecule has 0 saturated carbocycles. The predicted molar refractivity (Wildman–Crippen MR) is 108 cm³/mol. The van der Waals surface area contributed by atoms with Crippen LogP contribution in [0.25, 0.3) is 11.4 Å². The Kier molecular flexibility index (Phi) is 6.87. The predicted octanol–water partition coefficient (Wildman–Crippen LogP) is 4.27. The van der Waals surface area contributed by atoms with Crippen LogP contribution in [0.2, 0.25) is 0 Å². The van der Waals surface area contributed by atoms with Crippen LogP contribution < -0.4 is 5.32 Å². The van der Waals surface area contributed by atoms with E-state index in [-0.39, 0.29) is 16.6 Å². The highest BCUT2D eigenvalue weighted by Crippen LogP contribution is 2.29. The van der Waals surface area contributed by atoms with Crippen molar-refractivity contribution in [3.8, 4) is 11.4 Å². The molecule has 0 aliphatic carbocycles. The zero-order valence-electron chi connectivity index (χ0n) is 16.7. The largest absolute Gasteiger partial charge is 0.355 e. The minimum absolute atomic E-state index is 0.0404. The van der Waals surface area contributed by atoms with Crippen LogP contribution in [0.5, 0.6) is 0 Å². The van der Waals surface area contributed by atoms with Gasteiger partial charge < -0.3 is 9.88 Å². The Bertz CT molecular complexity index is 731. The number of aromatic nitrogens is 3. The van der Waals surface area contributed by atoms with Crippen molar-refractivity contribution in [3.63, 3.8) is 0 Å². The number of hydrogen-bond donors (Lipinski definition) is 1. The summed E-state index contributed by atoms with van der Waals surface area (Å²) in [7, 11) is 0. The summed E-state index contributed by atoms with van der Waals surface area (Å²) in [5, 5.41) is 12.2. The zero-order chi connectivity index (χ0) is 19.3. The van der Waals surface area contributed by atoms with Crippen molar-refractivity contribution in [1.82, 2.24) is 20.1 Å². The molecule has 1 heterocycles. The lowest BCUT2D eigenvalue weighted by Gasteiger charge is -2.19. The zero-order valence-corrected chi connectivity index (χ0v) is 17.5. The molecule has 1 amide bonds. The van der Waals surface area contributed by atoms with Crippen LogP contribution in [-0.2, 0) is 16.8 Å². The van der Waals surface area contributed by atoms with Gasteiger partial charge in [-0.1, -0.05) is 63.7 Å². The van der Waals surface area contributed by atoms with Gasteiger partial charge in [0.25, 0.3) is 0 Å². The summed E-state index contributed by atoms with van der Waals surface area (Å²) in [6.45, 7) is 14.1. The average molecular weight is 375 g/mol. The second kappa shape index (κ2) is 8.71. The molecular weight excluding hydrogens is 344 g/mol. The normalized spacial score (nSPS) is 12.8. The maximum atomic E-state index is 12.1. The van der Waals surface area contributed by atoms with Crippen LogP contribution in [0, 0.1) is 0 Å². The third-order valence-electron chi connectivity index (χ3n) is 4.24. The van der Waals surface area contributed by atoms with E-state index in [2.05, 4.69) is 72.0 Å². The van der Waals surface area contributed by atoms with Gasteiger partial charge in [0.15, 0.2) is 11.0 Å². The average Bonchev–Trinajstić information content (AvgIpc) is 3.01. The second-order valence-electron chi connectivity index (χ2n) is 7.43. The van der Waals surface area contributed by atoms with Gasteiger partial charge in [0, 0.05) is 18.7 Å². The number of carbonyl (C=O) groups is 1. The van der Waals surface area contributed by atoms with Gasteiger partial charge in [-0.3, -0.25) is 4.79 Å². The fraction of sp³-hybridized carbons (Fsp3) is 0.550. The molecule has 0 aliphatic heterocycles. The summed E-state index contributed by atoms with van der Waals surface area (Å²) < 4.78 is 2.07. The fourth-order valence-corrected chi connectivity index (χ4v) is 3.53. The molecule has 0 bridgehead atoms. The van der Waals surface area contributed by atoms with Gasteiger partial charge in [0.05, 0.1) is 5.25 Å². The van der Waals surface area contributed by atoms with E-state index in [1.54, 1.807) is 0 Å². The minimum atomic E-state index is -0.202. The quantitative estimate of drug-likeness (QED) is 0.735. The topological polar surface area (TPSA) is 59.8 Å². The number of rotatable bonds is 7. The monoisotopic (exact) mass is 374 g/mol. The summed E-state index contributed by atoms with van der Waals surface area (Å²) in [5.41, 5.74) is 2.46. The Morgan fingerprint density at radius 3 is 2.38 bits per heavy atom. The molecule has 2 rings (SSSR count). The molecule has 142 valence electrons. The Morgan fingerprint density at radius 1 is 1.19 bits per heavy atom. The highest BCUT2D eigenvalue weighted by atomic mass is 32.2. The standard InChI is InChI=1S/C20H30N4OS/c1-7-13-21-18(25)14(3)26-19-23-22-17(24(19)8-2)15-9-11-16(12-10-15)20(4,5)6/h9-12,14H,7-8,13H2,1-6H3,(H,21,25). The van der Waals surface area contributed by atoms with Gasteiger partial charge >= 0.3 is 0 Å². The molecule has 0 fully saturated rings. The molecule has 6 heteroatoms. The first kappa shape index (κ1) is 20.5. The van der Waals surface area contributed by atoms with Crippen LogP contribution in [0.15, 0.2) is 29.4 Å². The number of hydrogen-bond acceptors (Lipinski definition) is 4. The molecule has 1 aromatic heterocycles. The summed E-state index contributed by atoms with van der Waals surface area (Å²) >= 11 is 1.45. The maximum absolute atomic E-state index is 12.1. The van der Waals surface area contributed by atoms with Crippen LogP contribution in [-0.4, -0.2) is 32.5 Å². The first-order valence-electron chi connectivity index (χ1n) is 9.26. The van der Waals surface area contributed by atoms with Crippen molar-refractivity contribution in [2.45, 2.75) is 70.3 Å². The van der Waals surface area contributed by atoms with Crippen molar-refractivity contribution in [3.05, 3.63) is 29.8 Å². The maximum Gasteiger partial charge on any atom is 0.233 e. The summed E-state index contributed by atoms with van der Waals surface area (Å²) in [6, 6.07) is 8.50. The first-order valence-corrected chi connectivity index (χ1v) is 10.1. The van der Waals surface area contributed by atoms with Crippen molar-refractivity contribution < 1.29 is 4.79 Å². The third kappa shape index (κ3) is 4.87. The highest BCUT2D eigenvalue weighted by molar-refractivity contribution is 8.00. The van der Waals surface area contributed by atoms with Crippen molar-refractivity contribution >= 4 is 17.7 Å². The Labute approximate surface area is 161 Å². The van der Waals surface area contributed by atoms with E-state index in [4.69, 9.17) is 0 Å². The highest BCUT2D eigenvalue weighted by Gasteiger charge is 2.20. The first-order chi connectivity index (χ1) is 12.3. The molecule has 2 aromatic rings. The van der Waals surface area contributed by atoms with E-state index in [0.29, 0.717) is 6.54 Å². The summed E-state index contributed by atoms with van der Waals surface area (Å²) in [6.07, 6.45) is 0.934. The molecule has 26 heavy (non-hydrogen) atoms. The van der Waals surface area contributed by atoms with Gasteiger partial charge in [-0.25, -0.2) is 0 Å². The van der Waals surface area contributed by atoms with E-state index in [0.717, 1.165) is 29.5 Å². The lowest BCUT2D eigenvalue weighted by Crippen LogP contribution is -2.31. The number of thioether (sulfide) groups is 1. The molecule has 1 atom stereocenters. The SMILES string of the molecule is CCCNC(=O)C(C)Sc1nnc(-c2ccc(C(C)(C)C)cc2)n1CC. The van der Waals surface area contributed by atoms with E-state index >= 15 is 0 Å². The second-order valence-corrected chi connectivity index (χ2v) is 8.74. The molecule has 1 N–H and O–H groups in total. The van der Waals surface area contributed by atoms with Crippen LogP contribution in [0.4, 0.5) is 0 Å². The number of amides is 1. The van der Waals surface area contributed by atoms with E-state index in [9.17, 15) is 4.79 Å². The van der Waals surface area contributed by atoms with Gasteiger partial charge in [0.2, 0.25) is 5.91 Å². The molecule has 1 aromatic carbocycles. The number of carbonyl (C=O) groups excluding carboxylic acids is 1. The van der Waals surface area contributed by atoms with Crippen molar-refractivity contribution in [2.75, 3.05) is 6.54 Å². The number of nitrogens with zero attached hydrogens (tertiary/aromatic N) is 3. The number of nitrogens with one attached hydrogen (secondary N) is 1. The van der Waals surface area contributed by atoms with E-state index in [1.807, 2.05) is 13.8 Å². The Balaban J connectivity index is 2.21. The Morgan fingerprint density at radius 2 is 1.85 bits per heavy atom. The Hall–Kier alpha value is -1.82. The van der Waals surface area contributed by atoms with Crippen LogP contribution in [0.3, 0.4) is 0 Å². The van der Waals surface area contributed by atoms with Crippen molar-refractivity contribution in [2.24, 2.45) is 0 Å². The molecule has 0 aliphatic rings. The van der Waals surface area contributed by atoms with Gasteiger partial charge in [-0.2, -0.15) is 0 Å². The summed E-state index contributed by atoms with van der Waals surface area (Å²) in [5.74, 6) is 0.884. The number of benzene rings is 1. The van der Waals surface area contributed by atoms with Gasteiger partial charge in [-0.05, 0) is 31.2 Å². The smallest absolute Gasteiger partial charge is 0.233 e. The van der Waals surface area contributed by atoms with Gasteiger partial charge in [0.1, 0.15) is 0 Å². The van der Waals surface area contributed by atoms with E-state index < -0.39 is 0 Å². The van der Waals surface area contributed by atoms with Gasteiger partial charge in [-0.15, -0.1) is 10.2 Å². The lowest BCUT2D eigenvalue weighted by atomic mass is 9.87. The molecule has 0 spiro atoms. The van der Waals surface area contributed by atoms with Crippen molar-refractivity contribution in [1.29, 1.82) is 0 Å². The molecule has 5 nitrogen and oxygen atoms in total. The van der Waals surface area contributed by atoms with E-state index in [1.165, 1.54) is 17.3 Å². The van der Waals surface area contributed by atoms with Crippen LogP contribution in [0.1, 0.15) is 53.5 Å². The fourth-order valence-electron chi connectivity index (χ4n) is 2.60. The lowest BCUT2D eigenvalue weighted by molar-refractivity contribution is -0.120.